The van der Waals surface area contributed by atoms with Crippen molar-refractivity contribution in [1.29, 1.82) is 0 Å². The van der Waals surface area contributed by atoms with Gasteiger partial charge in [-0.15, -0.1) is 0 Å². The number of carboxylic acid groups (broad SMARTS) is 1. The molecule has 1 fully saturated rings. The Morgan fingerprint density at radius 1 is 1.32 bits per heavy atom. The van der Waals surface area contributed by atoms with Crippen LogP contribution in [-0.4, -0.2) is 27.1 Å². The molecular formula is C14H12N2O3. The van der Waals surface area contributed by atoms with E-state index in [9.17, 15) is 4.79 Å². The Balaban J connectivity index is 2.06. The van der Waals surface area contributed by atoms with E-state index in [0.717, 1.165) is 12.8 Å². The van der Waals surface area contributed by atoms with Crippen molar-refractivity contribution in [2.24, 2.45) is 0 Å². The summed E-state index contributed by atoms with van der Waals surface area (Å²) in [4.78, 5) is 19.1. The molecule has 1 saturated carbocycles. The van der Waals surface area contributed by atoms with Gasteiger partial charge in [0.1, 0.15) is 12.1 Å². The molecule has 0 unspecified atom stereocenters. The average molecular weight is 256 g/mol. The van der Waals surface area contributed by atoms with Crippen molar-refractivity contribution < 1.29 is 14.6 Å². The van der Waals surface area contributed by atoms with E-state index in [1.807, 2.05) is 0 Å². The van der Waals surface area contributed by atoms with Gasteiger partial charge in [0.25, 0.3) is 0 Å². The molecule has 2 aromatic rings. The summed E-state index contributed by atoms with van der Waals surface area (Å²) in [5.74, 6) is -0.292. The zero-order valence-electron chi connectivity index (χ0n) is 10.1. The summed E-state index contributed by atoms with van der Waals surface area (Å²) < 4.78 is 5.79. The largest absolute Gasteiger partial charge is 0.490 e. The van der Waals surface area contributed by atoms with Crippen molar-refractivity contribution in [2.75, 3.05) is 0 Å². The van der Waals surface area contributed by atoms with E-state index in [0.29, 0.717) is 17.0 Å². The van der Waals surface area contributed by atoms with Crippen LogP contribution < -0.4 is 4.74 Å². The van der Waals surface area contributed by atoms with E-state index in [2.05, 4.69) is 9.97 Å². The van der Waals surface area contributed by atoms with Gasteiger partial charge in [0.2, 0.25) is 0 Å². The van der Waals surface area contributed by atoms with Crippen LogP contribution in [0.15, 0.2) is 36.8 Å². The molecule has 0 atom stereocenters. The standard InChI is InChI=1S/C14H12N2O3/c17-14(18)9-1-4-13(19-10-2-3-10)11(7-9)12-5-6-15-8-16-12/h1,4-8,10H,2-3H2,(H,17,18). The molecule has 1 aliphatic rings. The summed E-state index contributed by atoms with van der Waals surface area (Å²) >= 11 is 0. The molecule has 1 aromatic carbocycles. The monoisotopic (exact) mass is 256 g/mol. The predicted molar refractivity (Wildman–Crippen MR) is 68.1 cm³/mol. The molecule has 0 amide bonds. The minimum atomic E-state index is -0.965. The Morgan fingerprint density at radius 3 is 2.79 bits per heavy atom. The van der Waals surface area contributed by atoms with Crippen LogP contribution in [0.25, 0.3) is 11.3 Å². The zero-order valence-corrected chi connectivity index (χ0v) is 10.1. The van der Waals surface area contributed by atoms with Gasteiger partial charge in [-0.2, -0.15) is 0 Å². The molecule has 96 valence electrons. The van der Waals surface area contributed by atoms with Gasteiger partial charge in [0, 0.05) is 11.8 Å². The second-order valence-corrected chi connectivity index (χ2v) is 4.43. The first-order chi connectivity index (χ1) is 9.24. The maximum atomic E-state index is 11.1. The second kappa shape index (κ2) is 4.68. The lowest BCUT2D eigenvalue weighted by Gasteiger charge is -2.11. The summed E-state index contributed by atoms with van der Waals surface area (Å²) in [6, 6.07) is 6.56. The number of hydrogen-bond donors (Lipinski definition) is 1. The van der Waals surface area contributed by atoms with Crippen molar-refractivity contribution in [3.63, 3.8) is 0 Å². The number of benzene rings is 1. The first-order valence-corrected chi connectivity index (χ1v) is 6.04. The number of aromatic nitrogens is 2. The van der Waals surface area contributed by atoms with Crippen molar-refractivity contribution in [1.82, 2.24) is 9.97 Å². The Labute approximate surface area is 109 Å². The van der Waals surface area contributed by atoms with Crippen molar-refractivity contribution in [2.45, 2.75) is 18.9 Å². The highest BCUT2D eigenvalue weighted by atomic mass is 16.5. The summed E-state index contributed by atoms with van der Waals surface area (Å²) in [5.41, 5.74) is 1.57. The van der Waals surface area contributed by atoms with Gasteiger partial charge in [-0.25, -0.2) is 14.8 Å². The average Bonchev–Trinajstić information content (AvgIpc) is 3.24. The highest BCUT2D eigenvalue weighted by molar-refractivity contribution is 5.90. The zero-order chi connectivity index (χ0) is 13.2. The molecule has 0 bridgehead atoms. The van der Waals surface area contributed by atoms with Crippen molar-refractivity contribution >= 4 is 5.97 Å². The van der Waals surface area contributed by atoms with Crippen LogP contribution in [0.5, 0.6) is 5.75 Å². The molecule has 0 spiro atoms. The van der Waals surface area contributed by atoms with E-state index < -0.39 is 5.97 Å². The lowest BCUT2D eigenvalue weighted by atomic mass is 10.1. The molecule has 19 heavy (non-hydrogen) atoms. The van der Waals surface area contributed by atoms with E-state index in [1.54, 1.807) is 30.5 Å². The number of rotatable bonds is 4. The third-order valence-corrected chi connectivity index (χ3v) is 2.90. The van der Waals surface area contributed by atoms with Crippen LogP contribution in [0.2, 0.25) is 0 Å². The molecule has 1 aromatic heterocycles. The Hall–Kier alpha value is -2.43. The fourth-order valence-corrected chi connectivity index (χ4v) is 1.78. The van der Waals surface area contributed by atoms with E-state index >= 15 is 0 Å². The van der Waals surface area contributed by atoms with Crippen LogP contribution in [0.1, 0.15) is 23.2 Å². The van der Waals surface area contributed by atoms with Gasteiger partial charge in [-0.1, -0.05) is 0 Å². The number of carbonyl (C=O) groups is 1. The predicted octanol–water partition coefficient (Wildman–Crippen LogP) is 2.38. The van der Waals surface area contributed by atoms with Gasteiger partial charge in [-0.05, 0) is 37.1 Å². The molecule has 1 aliphatic carbocycles. The van der Waals surface area contributed by atoms with Gasteiger partial charge < -0.3 is 9.84 Å². The maximum Gasteiger partial charge on any atom is 0.335 e. The summed E-state index contributed by atoms with van der Waals surface area (Å²) in [6.45, 7) is 0. The number of aromatic carboxylic acids is 1. The lowest BCUT2D eigenvalue weighted by molar-refractivity contribution is 0.0697. The normalized spacial score (nSPS) is 14.1. The van der Waals surface area contributed by atoms with Crippen LogP contribution >= 0.6 is 0 Å². The van der Waals surface area contributed by atoms with Crippen LogP contribution in [0, 0.1) is 0 Å². The van der Waals surface area contributed by atoms with E-state index in [-0.39, 0.29) is 11.7 Å². The Morgan fingerprint density at radius 2 is 2.16 bits per heavy atom. The Bertz CT molecular complexity index is 609. The number of carboxylic acids is 1. The van der Waals surface area contributed by atoms with Gasteiger partial charge in [0.15, 0.2) is 0 Å². The van der Waals surface area contributed by atoms with Gasteiger partial charge >= 0.3 is 5.97 Å². The molecule has 5 heteroatoms. The fraction of sp³-hybridized carbons (Fsp3) is 0.214. The number of nitrogens with zero attached hydrogens (tertiary/aromatic N) is 2. The number of ether oxygens (including phenoxy) is 1. The van der Waals surface area contributed by atoms with Crippen molar-refractivity contribution in [3.05, 3.63) is 42.4 Å². The van der Waals surface area contributed by atoms with E-state index in [1.165, 1.54) is 6.33 Å². The van der Waals surface area contributed by atoms with Crippen LogP contribution in [0.3, 0.4) is 0 Å². The summed E-state index contributed by atoms with van der Waals surface area (Å²) in [7, 11) is 0. The molecule has 1 N–H and O–H groups in total. The highest BCUT2D eigenvalue weighted by Crippen LogP contribution is 2.34. The molecular weight excluding hydrogens is 244 g/mol. The maximum absolute atomic E-state index is 11.1. The highest BCUT2D eigenvalue weighted by Gasteiger charge is 2.25. The number of hydrogen-bond acceptors (Lipinski definition) is 4. The molecule has 0 radical (unpaired) electrons. The summed E-state index contributed by atoms with van der Waals surface area (Å²) in [5, 5.41) is 9.07. The third kappa shape index (κ3) is 2.54. The SMILES string of the molecule is O=C(O)c1ccc(OC2CC2)c(-c2ccncn2)c1. The lowest BCUT2D eigenvalue weighted by Crippen LogP contribution is -2.02. The first kappa shape index (κ1) is 11.6. The molecule has 0 aliphatic heterocycles. The minimum Gasteiger partial charge on any atom is -0.490 e. The third-order valence-electron chi connectivity index (χ3n) is 2.90. The summed E-state index contributed by atoms with van der Waals surface area (Å²) in [6.07, 6.45) is 5.39. The minimum absolute atomic E-state index is 0.219. The molecule has 5 nitrogen and oxygen atoms in total. The van der Waals surface area contributed by atoms with Crippen LogP contribution in [-0.2, 0) is 0 Å². The van der Waals surface area contributed by atoms with Crippen molar-refractivity contribution in [3.8, 4) is 17.0 Å². The first-order valence-electron chi connectivity index (χ1n) is 6.04. The van der Waals surface area contributed by atoms with E-state index in [4.69, 9.17) is 9.84 Å². The smallest absolute Gasteiger partial charge is 0.335 e. The molecule has 1 heterocycles. The van der Waals surface area contributed by atoms with Gasteiger partial charge in [0.05, 0.1) is 17.4 Å². The quantitative estimate of drug-likeness (QED) is 0.909. The fourth-order valence-electron chi connectivity index (χ4n) is 1.78. The van der Waals surface area contributed by atoms with Crippen LogP contribution in [0.4, 0.5) is 0 Å². The van der Waals surface area contributed by atoms with Gasteiger partial charge in [-0.3, -0.25) is 0 Å². The second-order valence-electron chi connectivity index (χ2n) is 4.43. The topological polar surface area (TPSA) is 72.3 Å². The Kier molecular flexibility index (Phi) is 2.87. The molecule has 3 rings (SSSR count). The molecule has 0 saturated heterocycles.